The average molecular weight is 647 g/mol. The van der Waals surface area contributed by atoms with Crippen LogP contribution in [0, 0.1) is 0 Å². The molecule has 242 valence electrons. The van der Waals surface area contributed by atoms with Crippen molar-refractivity contribution in [2.24, 2.45) is 0 Å². The average Bonchev–Trinajstić information content (AvgIpc) is 3.67. The molecule has 4 nitrogen and oxygen atoms in total. The first-order chi connectivity index (χ1) is 24.8. The molecule has 3 aromatic heterocycles. The van der Waals surface area contributed by atoms with Gasteiger partial charge in [0.15, 0.2) is 0 Å². The minimum atomic E-state index is 0.0853. The predicted octanol–water partition coefficient (Wildman–Crippen LogP) is 12.2. The van der Waals surface area contributed by atoms with E-state index in [9.17, 15) is 0 Å². The molecular weight excluding hydrogens is 609 g/mol. The van der Waals surface area contributed by atoms with Gasteiger partial charge < -0.3 is 19.6 Å². The molecule has 4 heteroatoms. The first-order valence-electron chi connectivity index (χ1n) is 18.0. The topological polar surface area (TPSA) is 33.4 Å². The van der Waals surface area contributed by atoms with Gasteiger partial charge in [-0.1, -0.05) is 111 Å². The molecule has 1 aliphatic heterocycles. The Morgan fingerprint density at radius 1 is 0.560 bits per heavy atom. The highest BCUT2D eigenvalue weighted by Crippen LogP contribution is 2.45. The van der Waals surface area contributed by atoms with Gasteiger partial charge in [-0.15, -0.1) is 0 Å². The fourth-order valence-corrected chi connectivity index (χ4v) is 8.82. The summed E-state index contributed by atoms with van der Waals surface area (Å²) < 4.78 is 4.99. The third kappa shape index (κ3) is 4.05. The summed E-state index contributed by atoms with van der Waals surface area (Å²) in [6.07, 6.45) is 8.93. The molecule has 0 radical (unpaired) electrons. The van der Waals surface area contributed by atoms with Crippen LogP contribution in [0.1, 0.15) is 38.3 Å². The lowest BCUT2D eigenvalue weighted by molar-refractivity contribution is 0.644. The van der Waals surface area contributed by atoms with Gasteiger partial charge in [-0.2, -0.15) is 0 Å². The second kappa shape index (κ2) is 11.3. The number of allylic oxidation sites excluding steroid dienone is 3. The predicted molar refractivity (Wildman–Crippen MR) is 213 cm³/mol. The first kappa shape index (κ1) is 29.0. The summed E-state index contributed by atoms with van der Waals surface area (Å²) in [5, 5.41) is 15.6. The Morgan fingerprint density at radius 3 is 2.00 bits per heavy atom. The van der Waals surface area contributed by atoms with Gasteiger partial charge in [-0.05, 0) is 77.9 Å². The van der Waals surface area contributed by atoms with E-state index in [1.165, 1.54) is 76.7 Å². The summed E-state index contributed by atoms with van der Waals surface area (Å²) in [6.45, 7) is 4.00. The molecule has 9 aromatic rings. The first-order valence-corrected chi connectivity index (χ1v) is 18.0. The fraction of sp³-hybridized carbons (Fsp3) is 0.130. The summed E-state index contributed by atoms with van der Waals surface area (Å²) in [5.41, 5.74) is 12.4. The molecule has 6 aromatic carbocycles. The molecule has 0 saturated heterocycles. The molecule has 2 N–H and O–H groups in total. The number of hydrogen-bond acceptors (Lipinski definition) is 2. The van der Waals surface area contributed by atoms with E-state index < -0.39 is 0 Å². The highest BCUT2D eigenvalue weighted by atomic mass is 15.1. The summed E-state index contributed by atoms with van der Waals surface area (Å²) in [4.78, 5) is 0. The molecule has 0 spiro atoms. The third-order valence-corrected chi connectivity index (χ3v) is 10.8. The van der Waals surface area contributed by atoms with Crippen LogP contribution in [0.2, 0.25) is 0 Å². The Bertz CT molecular complexity index is 2810. The van der Waals surface area contributed by atoms with Gasteiger partial charge in [-0.25, -0.2) is 0 Å². The quantitative estimate of drug-likeness (QED) is 0.200. The van der Waals surface area contributed by atoms with E-state index in [2.05, 4.69) is 165 Å². The van der Waals surface area contributed by atoms with Crippen molar-refractivity contribution >= 4 is 71.3 Å². The Morgan fingerprint density at radius 2 is 1.18 bits per heavy atom. The van der Waals surface area contributed by atoms with Gasteiger partial charge in [0.1, 0.15) is 0 Å². The number of benzene rings is 6. The standard InChI is InChI=1S/C44H32N4.C2H6/c1-2-12-27(13-3-1)42-43(46-35-21-6-5-20-34(35)45-42)28-14-8-15-29(26-28)47-37-23-10-17-31-33-19-9-18-32-30-16-4-7-22-36(30)48(44(32)33)39-25-11-24-38(47)41(39)40(31)37;1-2/h1-2,4-12,14-26,42-43,45-46H,3,13H2;1-2H3. The van der Waals surface area contributed by atoms with Crippen LogP contribution in [-0.2, 0) is 0 Å². The van der Waals surface area contributed by atoms with Crippen molar-refractivity contribution in [3.63, 3.8) is 0 Å². The summed E-state index contributed by atoms with van der Waals surface area (Å²) in [5.74, 6) is 0. The summed E-state index contributed by atoms with van der Waals surface area (Å²) >= 11 is 0. The second-order valence-electron chi connectivity index (χ2n) is 13.4. The number of hydrogen-bond donors (Lipinski definition) is 2. The van der Waals surface area contributed by atoms with E-state index in [0.29, 0.717) is 0 Å². The zero-order valence-corrected chi connectivity index (χ0v) is 28.3. The van der Waals surface area contributed by atoms with Gasteiger partial charge in [0.2, 0.25) is 0 Å². The largest absolute Gasteiger partial charge is 0.374 e. The van der Waals surface area contributed by atoms with Crippen LogP contribution >= 0.6 is 0 Å². The zero-order valence-electron chi connectivity index (χ0n) is 28.3. The molecule has 1 aliphatic carbocycles. The van der Waals surface area contributed by atoms with Gasteiger partial charge >= 0.3 is 0 Å². The van der Waals surface area contributed by atoms with Crippen molar-refractivity contribution < 1.29 is 0 Å². The molecule has 50 heavy (non-hydrogen) atoms. The van der Waals surface area contributed by atoms with Crippen molar-refractivity contribution in [1.82, 2.24) is 8.97 Å². The van der Waals surface area contributed by atoms with E-state index >= 15 is 0 Å². The number of nitrogens with one attached hydrogen (secondary N) is 2. The van der Waals surface area contributed by atoms with Crippen molar-refractivity contribution in [2.75, 3.05) is 10.6 Å². The summed E-state index contributed by atoms with van der Waals surface area (Å²) in [7, 11) is 0. The number of aromatic nitrogens is 2. The van der Waals surface area contributed by atoms with Gasteiger partial charge in [0.25, 0.3) is 0 Å². The van der Waals surface area contributed by atoms with Gasteiger partial charge in [0, 0.05) is 32.6 Å². The lowest BCUT2D eigenvalue weighted by atomic mass is 9.86. The molecular formula is C46H38N4. The Hall–Kier alpha value is -6.00. The molecule has 11 rings (SSSR count). The van der Waals surface area contributed by atoms with Crippen LogP contribution in [0.25, 0.3) is 65.6 Å². The van der Waals surface area contributed by atoms with Gasteiger partial charge in [0.05, 0.1) is 51.0 Å². The molecule has 2 aliphatic rings. The van der Waals surface area contributed by atoms with E-state index in [4.69, 9.17) is 0 Å². The molecule has 2 atom stereocenters. The minimum absolute atomic E-state index is 0.0853. The Kier molecular flexibility index (Phi) is 6.53. The number of anilines is 2. The molecule has 2 unspecified atom stereocenters. The minimum Gasteiger partial charge on any atom is -0.374 e. The maximum absolute atomic E-state index is 3.94. The van der Waals surface area contributed by atoms with Crippen LogP contribution < -0.4 is 10.6 Å². The Labute approximate surface area is 291 Å². The highest BCUT2D eigenvalue weighted by molar-refractivity contribution is 6.31. The van der Waals surface area contributed by atoms with E-state index in [1.807, 2.05) is 13.8 Å². The monoisotopic (exact) mass is 646 g/mol. The Balaban J connectivity index is 0.00000156. The molecule has 0 fully saturated rings. The van der Waals surface area contributed by atoms with Crippen LogP contribution in [0.15, 0.2) is 151 Å². The number of rotatable bonds is 3. The summed E-state index contributed by atoms with van der Waals surface area (Å²) in [6, 6.07) is 47.3. The highest BCUT2D eigenvalue weighted by Gasteiger charge is 2.32. The number of para-hydroxylation sites is 4. The van der Waals surface area contributed by atoms with Crippen molar-refractivity contribution in [3.05, 3.63) is 157 Å². The lowest BCUT2D eigenvalue weighted by Crippen LogP contribution is -2.38. The fourth-order valence-electron chi connectivity index (χ4n) is 8.82. The number of nitrogens with zero attached hydrogens (tertiary/aromatic N) is 2. The van der Waals surface area contributed by atoms with Crippen LogP contribution in [0.3, 0.4) is 0 Å². The van der Waals surface area contributed by atoms with Crippen LogP contribution in [-0.4, -0.2) is 15.0 Å². The molecule has 0 saturated carbocycles. The lowest BCUT2D eigenvalue weighted by Gasteiger charge is -2.38. The van der Waals surface area contributed by atoms with E-state index in [-0.39, 0.29) is 12.1 Å². The SMILES string of the molecule is C1=CCCC(C2Nc3ccccc3NC2c2cccc(-n3c4cccc5c6cccc7c8ccccc8n(c8cccc3c8c54)c67)c2)=C1.CC. The molecule has 0 bridgehead atoms. The second-order valence-corrected chi connectivity index (χ2v) is 13.4. The molecule has 4 heterocycles. The maximum atomic E-state index is 3.94. The van der Waals surface area contributed by atoms with E-state index in [1.54, 1.807) is 0 Å². The number of fused-ring (bicyclic) bond motifs is 6. The van der Waals surface area contributed by atoms with E-state index in [0.717, 1.165) is 24.2 Å². The van der Waals surface area contributed by atoms with Gasteiger partial charge in [-0.3, -0.25) is 0 Å². The molecule has 0 amide bonds. The van der Waals surface area contributed by atoms with Crippen molar-refractivity contribution in [2.45, 2.75) is 38.8 Å². The zero-order chi connectivity index (χ0) is 33.3. The third-order valence-electron chi connectivity index (χ3n) is 10.8. The van der Waals surface area contributed by atoms with Crippen molar-refractivity contribution in [3.8, 4) is 5.69 Å². The van der Waals surface area contributed by atoms with Crippen LogP contribution in [0.4, 0.5) is 11.4 Å². The normalized spacial score (nSPS) is 17.2. The maximum Gasteiger partial charge on any atom is 0.0755 e. The van der Waals surface area contributed by atoms with Crippen molar-refractivity contribution in [1.29, 1.82) is 0 Å². The smallest absolute Gasteiger partial charge is 0.0755 e. The van der Waals surface area contributed by atoms with Crippen LogP contribution in [0.5, 0.6) is 0 Å².